The van der Waals surface area contributed by atoms with Crippen LogP contribution in [0.15, 0.2) is 48.5 Å². The first-order valence-electron chi connectivity index (χ1n) is 6.78. The lowest BCUT2D eigenvalue weighted by Crippen LogP contribution is -2.34. The van der Waals surface area contributed by atoms with E-state index in [1.165, 1.54) is 0 Å². The van der Waals surface area contributed by atoms with Crippen LogP contribution in [-0.2, 0) is 4.79 Å². The fourth-order valence-corrected chi connectivity index (χ4v) is 2.27. The van der Waals surface area contributed by atoms with Gasteiger partial charge in [-0.3, -0.25) is 4.79 Å². The van der Waals surface area contributed by atoms with E-state index < -0.39 is 12.0 Å². The molecule has 1 amide bonds. The molecule has 114 valence electrons. The molecule has 0 saturated heterocycles. The Labute approximate surface area is 133 Å². The number of amides is 1. The smallest absolute Gasteiger partial charge is 0.251 e. The maximum absolute atomic E-state index is 12.3. The van der Waals surface area contributed by atoms with Gasteiger partial charge in [0, 0.05) is 23.0 Å². The molecule has 0 aromatic heterocycles. The quantitative estimate of drug-likeness (QED) is 0.920. The topological polar surface area (TPSA) is 69.2 Å². The lowest BCUT2D eigenvalue weighted by atomic mass is 10.0. The van der Waals surface area contributed by atoms with Gasteiger partial charge in [0.2, 0.25) is 0 Å². The first-order valence-corrected chi connectivity index (χ1v) is 7.16. The number of rotatable bonds is 5. The van der Waals surface area contributed by atoms with Gasteiger partial charge in [-0.15, -0.1) is 0 Å². The van der Waals surface area contributed by atoms with Crippen molar-refractivity contribution in [2.24, 2.45) is 0 Å². The molecule has 0 bridgehead atoms. The Bertz CT molecular complexity index is 683. The molecule has 0 aliphatic rings. The van der Waals surface area contributed by atoms with Crippen molar-refractivity contribution in [2.45, 2.75) is 19.4 Å². The Hall–Kier alpha value is -2.33. The average molecular weight is 317 g/mol. The van der Waals surface area contributed by atoms with Crippen molar-refractivity contribution in [3.05, 3.63) is 70.2 Å². The Kier molecular flexibility index (Phi) is 5.17. The zero-order valence-corrected chi connectivity index (χ0v) is 12.8. The number of halogens is 1. The molecule has 0 heterocycles. The maximum Gasteiger partial charge on any atom is 0.251 e. The molecule has 0 spiro atoms. The van der Waals surface area contributed by atoms with Gasteiger partial charge in [0.25, 0.3) is 5.91 Å². The second-order valence-corrected chi connectivity index (χ2v) is 5.46. The first kappa shape index (κ1) is 16.0. The van der Waals surface area contributed by atoms with Crippen molar-refractivity contribution in [3.8, 4) is 0 Å². The van der Waals surface area contributed by atoms with Gasteiger partial charge < -0.3 is 15.2 Å². The average Bonchev–Trinajstić information content (AvgIpc) is 2.47. The van der Waals surface area contributed by atoms with Gasteiger partial charge in [0.15, 0.2) is 0 Å². The van der Waals surface area contributed by atoms with E-state index in [1.807, 2.05) is 13.0 Å². The summed E-state index contributed by atoms with van der Waals surface area (Å²) in [5.74, 6) is -1.56. The van der Waals surface area contributed by atoms with Crippen LogP contribution in [0.4, 0.5) is 0 Å². The number of carboxylic acid groups (broad SMARTS) is 1. The van der Waals surface area contributed by atoms with Gasteiger partial charge in [-0.1, -0.05) is 41.4 Å². The third-order valence-corrected chi connectivity index (χ3v) is 3.48. The van der Waals surface area contributed by atoms with E-state index in [0.29, 0.717) is 16.1 Å². The number of aliphatic carboxylic acids is 1. The molecule has 2 rings (SSSR count). The van der Waals surface area contributed by atoms with Crippen molar-refractivity contribution in [2.75, 3.05) is 0 Å². The fourth-order valence-electron chi connectivity index (χ4n) is 2.14. The molecule has 0 saturated carbocycles. The fraction of sp³-hybridized carbons (Fsp3) is 0.176. The minimum atomic E-state index is -1.23. The molecule has 0 aliphatic heterocycles. The number of carbonyl (C=O) groups excluding carboxylic acids is 2. The zero-order valence-electron chi connectivity index (χ0n) is 12.0. The van der Waals surface area contributed by atoms with Gasteiger partial charge in [0.05, 0.1) is 6.04 Å². The predicted octanol–water partition coefficient (Wildman–Crippen LogP) is 2.26. The van der Waals surface area contributed by atoms with Gasteiger partial charge in [-0.25, -0.2) is 0 Å². The van der Waals surface area contributed by atoms with E-state index in [0.717, 1.165) is 5.56 Å². The Balaban J connectivity index is 2.21. The highest BCUT2D eigenvalue weighted by Crippen LogP contribution is 2.20. The third kappa shape index (κ3) is 4.33. The highest BCUT2D eigenvalue weighted by molar-refractivity contribution is 6.30. The normalized spacial score (nSPS) is 11.7. The molecule has 1 atom stereocenters. The second-order valence-electron chi connectivity index (χ2n) is 5.02. The van der Waals surface area contributed by atoms with Gasteiger partial charge in [-0.05, 0) is 36.8 Å². The number of nitrogens with one attached hydrogen (secondary N) is 1. The van der Waals surface area contributed by atoms with Crippen LogP contribution in [0.25, 0.3) is 0 Å². The minimum Gasteiger partial charge on any atom is -0.550 e. The summed E-state index contributed by atoms with van der Waals surface area (Å²) < 4.78 is 0. The summed E-state index contributed by atoms with van der Waals surface area (Å²) in [7, 11) is 0. The van der Waals surface area contributed by atoms with Crippen molar-refractivity contribution >= 4 is 23.5 Å². The van der Waals surface area contributed by atoms with Gasteiger partial charge >= 0.3 is 0 Å². The molecule has 0 fully saturated rings. The first-order chi connectivity index (χ1) is 10.5. The Morgan fingerprint density at radius 2 is 1.86 bits per heavy atom. The number of hydrogen-bond acceptors (Lipinski definition) is 3. The molecule has 0 aliphatic carbocycles. The van der Waals surface area contributed by atoms with Crippen LogP contribution in [-0.4, -0.2) is 11.9 Å². The van der Waals surface area contributed by atoms with Crippen LogP contribution in [0.3, 0.4) is 0 Å². The summed E-state index contributed by atoms with van der Waals surface area (Å²) in [6.45, 7) is 1.88. The van der Waals surface area contributed by atoms with Crippen LogP contribution in [0.5, 0.6) is 0 Å². The van der Waals surface area contributed by atoms with Crippen LogP contribution in [0.1, 0.15) is 33.9 Å². The van der Waals surface area contributed by atoms with E-state index in [1.54, 1.807) is 42.5 Å². The van der Waals surface area contributed by atoms with Gasteiger partial charge in [-0.2, -0.15) is 0 Å². The molecule has 2 aromatic carbocycles. The largest absolute Gasteiger partial charge is 0.550 e. The number of benzene rings is 2. The zero-order chi connectivity index (χ0) is 16.1. The molecule has 0 radical (unpaired) electrons. The number of hydrogen-bond donors (Lipinski definition) is 1. The van der Waals surface area contributed by atoms with Crippen LogP contribution < -0.4 is 10.4 Å². The third-order valence-electron chi connectivity index (χ3n) is 3.23. The number of carbonyl (C=O) groups is 2. The predicted molar refractivity (Wildman–Crippen MR) is 82.5 cm³/mol. The maximum atomic E-state index is 12.3. The molecular formula is C17H15ClNO3-. The molecule has 5 heteroatoms. The van der Waals surface area contributed by atoms with Crippen molar-refractivity contribution < 1.29 is 14.7 Å². The number of carboxylic acids is 1. The SMILES string of the molecule is Cc1cccc(C(=O)N[C@H](CC(=O)[O-])c2ccc(Cl)cc2)c1. The Morgan fingerprint density at radius 1 is 1.18 bits per heavy atom. The molecule has 1 N–H and O–H groups in total. The second kappa shape index (κ2) is 7.09. The van der Waals surface area contributed by atoms with Crippen LogP contribution >= 0.6 is 11.6 Å². The van der Waals surface area contributed by atoms with Crippen molar-refractivity contribution in [1.29, 1.82) is 0 Å². The summed E-state index contributed by atoms with van der Waals surface area (Å²) >= 11 is 5.83. The highest BCUT2D eigenvalue weighted by atomic mass is 35.5. The molecule has 0 unspecified atom stereocenters. The van der Waals surface area contributed by atoms with Crippen LogP contribution in [0, 0.1) is 6.92 Å². The lowest BCUT2D eigenvalue weighted by Gasteiger charge is -2.20. The van der Waals surface area contributed by atoms with E-state index in [2.05, 4.69) is 5.32 Å². The molecule has 22 heavy (non-hydrogen) atoms. The summed E-state index contributed by atoms with van der Waals surface area (Å²) in [6, 6.07) is 13.1. The minimum absolute atomic E-state index is 0.306. The van der Waals surface area contributed by atoms with Crippen LogP contribution in [0.2, 0.25) is 5.02 Å². The van der Waals surface area contributed by atoms with Crippen molar-refractivity contribution in [3.63, 3.8) is 0 Å². The van der Waals surface area contributed by atoms with Gasteiger partial charge in [0.1, 0.15) is 0 Å². The molecular weight excluding hydrogens is 302 g/mol. The van der Waals surface area contributed by atoms with Crippen molar-refractivity contribution in [1.82, 2.24) is 5.32 Å². The summed E-state index contributed by atoms with van der Waals surface area (Å²) in [5, 5.41) is 14.2. The highest BCUT2D eigenvalue weighted by Gasteiger charge is 2.16. The van der Waals surface area contributed by atoms with E-state index in [-0.39, 0.29) is 12.3 Å². The summed E-state index contributed by atoms with van der Waals surface area (Å²) in [5.41, 5.74) is 2.10. The standard InChI is InChI=1S/C17H16ClNO3/c1-11-3-2-4-13(9-11)17(22)19-15(10-16(20)21)12-5-7-14(18)8-6-12/h2-9,15H,10H2,1H3,(H,19,22)(H,20,21)/p-1/t15-/m1/s1. The molecule has 4 nitrogen and oxygen atoms in total. The van der Waals surface area contributed by atoms with E-state index in [9.17, 15) is 14.7 Å². The molecule has 2 aromatic rings. The van der Waals surface area contributed by atoms with E-state index >= 15 is 0 Å². The number of aryl methyl sites for hydroxylation is 1. The Morgan fingerprint density at radius 3 is 2.45 bits per heavy atom. The summed E-state index contributed by atoms with van der Waals surface area (Å²) in [6.07, 6.45) is -0.306. The van der Waals surface area contributed by atoms with E-state index in [4.69, 9.17) is 11.6 Å². The monoisotopic (exact) mass is 316 g/mol. The lowest BCUT2D eigenvalue weighted by molar-refractivity contribution is -0.306. The summed E-state index contributed by atoms with van der Waals surface area (Å²) in [4.78, 5) is 23.2.